The van der Waals surface area contributed by atoms with E-state index in [2.05, 4.69) is 9.97 Å². The van der Waals surface area contributed by atoms with Crippen LogP contribution in [-0.4, -0.2) is 30.4 Å². The van der Waals surface area contributed by atoms with Gasteiger partial charge in [-0.3, -0.25) is 9.36 Å². The van der Waals surface area contributed by atoms with Crippen LogP contribution in [0.25, 0.3) is 26.8 Å². The molecule has 0 atom stereocenters. The number of aromatic amines is 1. The largest absolute Gasteiger partial charge is 0.510 e. The Kier molecular flexibility index (Phi) is 6.09. The average Bonchev–Trinajstić information content (AvgIpc) is 3.29. The van der Waals surface area contributed by atoms with Crippen LogP contribution in [0.4, 0.5) is 0 Å². The van der Waals surface area contributed by atoms with Crippen molar-refractivity contribution in [3.8, 4) is 6.07 Å². The predicted octanol–water partition coefficient (Wildman–Crippen LogP) is 5.19. The molecule has 164 valence electrons. The molecule has 0 saturated carbocycles. The molecule has 0 spiro atoms. The van der Waals surface area contributed by atoms with Crippen molar-refractivity contribution in [2.75, 3.05) is 5.75 Å². The fourth-order valence-electron chi connectivity index (χ4n) is 3.48. The monoisotopic (exact) mass is 465 g/mol. The molecule has 32 heavy (non-hydrogen) atoms. The maximum absolute atomic E-state index is 13.2. The molecule has 0 unspecified atom stereocenters. The first kappa shape index (κ1) is 22.1. The summed E-state index contributed by atoms with van der Waals surface area (Å²) in [5.41, 5.74) is 2.50. The van der Waals surface area contributed by atoms with E-state index in [1.54, 1.807) is 4.57 Å². The lowest BCUT2D eigenvalue weighted by Crippen LogP contribution is -2.25. The molecule has 0 fully saturated rings. The van der Waals surface area contributed by atoms with E-state index in [0.29, 0.717) is 27.7 Å². The smallest absolute Gasteiger partial charge is 0.263 e. The van der Waals surface area contributed by atoms with Gasteiger partial charge in [0.05, 0.1) is 22.2 Å². The highest BCUT2D eigenvalue weighted by atomic mass is 32.2. The van der Waals surface area contributed by atoms with Crippen LogP contribution in [-0.2, 0) is 6.54 Å². The van der Waals surface area contributed by atoms with E-state index in [-0.39, 0.29) is 28.6 Å². The zero-order valence-corrected chi connectivity index (χ0v) is 19.9. The number of nitrogens with zero attached hydrogens (tertiary/aromatic N) is 4. The number of benzene rings is 1. The first-order valence-electron chi connectivity index (χ1n) is 10.2. The van der Waals surface area contributed by atoms with Gasteiger partial charge < -0.3 is 10.1 Å². The number of hydrogen-bond donors (Lipinski definition) is 2. The Bertz CT molecular complexity index is 1420. The van der Waals surface area contributed by atoms with Crippen LogP contribution < -0.4 is 5.56 Å². The number of nitrogens with one attached hydrogen (secondary N) is 1. The summed E-state index contributed by atoms with van der Waals surface area (Å²) in [6, 6.07) is 9.49. The maximum atomic E-state index is 13.2. The van der Waals surface area contributed by atoms with Crippen LogP contribution in [0.1, 0.15) is 30.1 Å². The normalized spacial score (nSPS) is 12.5. The number of aromatic nitrogens is 4. The molecule has 7 nitrogen and oxygen atoms in total. The molecule has 0 aliphatic heterocycles. The number of aliphatic hydroxyl groups is 1. The molecule has 9 heteroatoms. The number of allylic oxidation sites excluding steroid dienone is 1. The van der Waals surface area contributed by atoms with E-state index in [1.165, 1.54) is 23.1 Å². The SMILES string of the molecule is Cc1sc2nc(SCC(O)=C(C#N)c3nc4ccccc4[nH]3)n(CC(C)C)c(=O)c2c1C. The number of para-hydroxylation sites is 2. The molecule has 3 heterocycles. The van der Waals surface area contributed by atoms with Crippen LogP contribution >= 0.6 is 23.1 Å². The summed E-state index contributed by atoms with van der Waals surface area (Å²) in [6.07, 6.45) is 0. The van der Waals surface area contributed by atoms with Crippen molar-refractivity contribution in [3.63, 3.8) is 0 Å². The number of aryl methyl sites for hydroxylation is 2. The second kappa shape index (κ2) is 8.81. The minimum atomic E-state index is -0.111. The van der Waals surface area contributed by atoms with Crippen LogP contribution in [0.15, 0.2) is 40.0 Å². The molecular weight excluding hydrogens is 442 g/mol. The van der Waals surface area contributed by atoms with Crippen molar-refractivity contribution < 1.29 is 5.11 Å². The molecule has 4 aromatic rings. The van der Waals surface area contributed by atoms with E-state index >= 15 is 0 Å². The molecule has 1 aromatic carbocycles. The Balaban J connectivity index is 1.72. The van der Waals surface area contributed by atoms with Crippen molar-refractivity contribution in [2.45, 2.75) is 39.4 Å². The second-order valence-electron chi connectivity index (χ2n) is 7.99. The molecule has 0 aliphatic rings. The molecule has 0 amide bonds. The second-order valence-corrected chi connectivity index (χ2v) is 10.1. The quantitative estimate of drug-likeness (QED) is 0.176. The number of imidazole rings is 1. The Labute approximate surface area is 193 Å². The lowest BCUT2D eigenvalue weighted by Gasteiger charge is -2.14. The molecular formula is C23H23N5O2S2. The highest BCUT2D eigenvalue weighted by molar-refractivity contribution is 7.99. The van der Waals surface area contributed by atoms with Gasteiger partial charge in [0.2, 0.25) is 0 Å². The van der Waals surface area contributed by atoms with Gasteiger partial charge in [0.1, 0.15) is 22.2 Å². The van der Waals surface area contributed by atoms with Crippen molar-refractivity contribution in [1.29, 1.82) is 5.26 Å². The van der Waals surface area contributed by atoms with Gasteiger partial charge in [-0.1, -0.05) is 37.7 Å². The minimum Gasteiger partial charge on any atom is -0.510 e. The van der Waals surface area contributed by atoms with E-state index in [4.69, 9.17) is 4.98 Å². The number of aliphatic hydroxyl groups excluding tert-OH is 1. The number of thioether (sulfide) groups is 1. The third-order valence-corrected chi connectivity index (χ3v) is 7.25. The van der Waals surface area contributed by atoms with Gasteiger partial charge >= 0.3 is 0 Å². The summed E-state index contributed by atoms with van der Waals surface area (Å²) in [6.45, 7) is 8.55. The van der Waals surface area contributed by atoms with Crippen molar-refractivity contribution in [1.82, 2.24) is 19.5 Å². The zero-order chi connectivity index (χ0) is 23.0. The van der Waals surface area contributed by atoms with Crippen molar-refractivity contribution >= 4 is 49.9 Å². The van der Waals surface area contributed by atoms with Gasteiger partial charge in [0, 0.05) is 11.4 Å². The summed E-state index contributed by atoms with van der Waals surface area (Å²) >= 11 is 2.74. The average molecular weight is 466 g/mol. The number of nitriles is 1. The third kappa shape index (κ3) is 4.04. The summed E-state index contributed by atoms with van der Waals surface area (Å²) < 4.78 is 1.68. The molecule has 3 aromatic heterocycles. The molecule has 0 saturated heterocycles. The van der Waals surface area contributed by atoms with E-state index < -0.39 is 0 Å². The third-order valence-electron chi connectivity index (χ3n) is 5.17. The molecule has 4 rings (SSSR count). The number of thiophene rings is 1. The highest BCUT2D eigenvalue weighted by Crippen LogP contribution is 2.30. The van der Waals surface area contributed by atoms with Gasteiger partial charge in [-0.25, -0.2) is 9.97 Å². The fraction of sp³-hybridized carbons (Fsp3) is 0.304. The van der Waals surface area contributed by atoms with Gasteiger partial charge in [0.15, 0.2) is 11.0 Å². The number of fused-ring (bicyclic) bond motifs is 2. The Morgan fingerprint density at radius 3 is 2.75 bits per heavy atom. The Morgan fingerprint density at radius 2 is 2.06 bits per heavy atom. The van der Waals surface area contributed by atoms with Crippen LogP contribution in [0.2, 0.25) is 0 Å². The number of rotatable bonds is 6. The van der Waals surface area contributed by atoms with Gasteiger partial charge in [0.25, 0.3) is 5.56 Å². The molecule has 0 bridgehead atoms. The fourth-order valence-corrected chi connectivity index (χ4v) is 5.43. The summed E-state index contributed by atoms with van der Waals surface area (Å²) in [5, 5.41) is 21.6. The van der Waals surface area contributed by atoms with Crippen molar-refractivity contribution in [3.05, 3.63) is 56.6 Å². The summed E-state index contributed by atoms with van der Waals surface area (Å²) in [4.78, 5) is 27.2. The first-order chi connectivity index (χ1) is 15.3. The standard InChI is InChI=1S/C23H23N5O2S2/c1-12(2)10-28-22(30)19-13(3)14(4)32-21(19)27-23(28)31-11-18(29)15(9-24)20-25-16-7-5-6-8-17(16)26-20/h5-8,12,29H,10-11H2,1-4H3,(H,25,26). The van der Waals surface area contributed by atoms with E-state index in [9.17, 15) is 15.2 Å². The van der Waals surface area contributed by atoms with Crippen LogP contribution in [0.3, 0.4) is 0 Å². The molecule has 0 aliphatic carbocycles. The minimum absolute atomic E-state index is 0.0608. The molecule has 0 radical (unpaired) electrons. The lowest BCUT2D eigenvalue weighted by molar-refractivity contribution is 0.420. The first-order valence-corrected chi connectivity index (χ1v) is 12.0. The Hall–Kier alpha value is -3.09. The van der Waals surface area contributed by atoms with Crippen molar-refractivity contribution in [2.24, 2.45) is 5.92 Å². The van der Waals surface area contributed by atoms with Crippen LogP contribution in [0.5, 0.6) is 0 Å². The van der Waals surface area contributed by atoms with E-state index in [0.717, 1.165) is 21.5 Å². The lowest BCUT2D eigenvalue weighted by atomic mass is 10.2. The maximum Gasteiger partial charge on any atom is 0.263 e. The van der Waals surface area contributed by atoms with Gasteiger partial charge in [-0.2, -0.15) is 5.26 Å². The van der Waals surface area contributed by atoms with Crippen LogP contribution in [0, 0.1) is 31.1 Å². The van der Waals surface area contributed by atoms with E-state index in [1.807, 2.05) is 58.0 Å². The number of H-pyrrole nitrogens is 1. The molecule has 2 N–H and O–H groups in total. The summed E-state index contributed by atoms with van der Waals surface area (Å²) in [7, 11) is 0. The Morgan fingerprint density at radius 1 is 1.31 bits per heavy atom. The highest BCUT2D eigenvalue weighted by Gasteiger charge is 2.19. The number of hydrogen-bond acceptors (Lipinski definition) is 7. The van der Waals surface area contributed by atoms with Gasteiger partial charge in [-0.15, -0.1) is 11.3 Å². The van der Waals surface area contributed by atoms with Gasteiger partial charge in [-0.05, 0) is 37.5 Å². The zero-order valence-electron chi connectivity index (χ0n) is 18.3. The summed E-state index contributed by atoms with van der Waals surface area (Å²) in [5.74, 6) is 0.555. The predicted molar refractivity (Wildman–Crippen MR) is 130 cm³/mol. The topological polar surface area (TPSA) is 108 Å².